The normalized spacial score (nSPS) is 28.0. The molecule has 3 saturated heterocycles. The first-order valence-corrected chi connectivity index (χ1v) is 9.67. The first-order chi connectivity index (χ1) is 12.4. The van der Waals surface area contributed by atoms with Gasteiger partial charge in [-0.1, -0.05) is 0 Å². The van der Waals surface area contributed by atoms with E-state index in [0.717, 1.165) is 55.8 Å². The minimum atomic E-state index is -1.05. The highest BCUT2D eigenvalue weighted by molar-refractivity contribution is 5.79. The van der Waals surface area contributed by atoms with Gasteiger partial charge in [-0.05, 0) is 33.8 Å². The number of guanidine groups is 1. The lowest BCUT2D eigenvalue weighted by molar-refractivity contribution is 0.0154. The van der Waals surface area contributed by atoms with E-state index in [0.29, 0.717) is 6.04 Å². The predicted molar refractivity (Wildman–Crippen MR) is 104 cm³/mol. The molecule has 3 N–H and O–H groups in total. The van der Waals surface area contributed by atoms with Crippen LogP contribution in [-0.2, 0) is 5.60 Å². The summed E-state index contributed by atoms with van der Waals surface area (Å²) in [5, 5.41) is 17.6. The summed E-state index contributed by atoms with van der Waals surface area (Å²) in [4.78, 5) is 9.72. The first-order valence-electron chi connectivity index (χ1n) is 9.67. The Labute approximate surface area is 156 Å². The molecule has 0 amide bonds. The summed E-state index contributed by atoms with van der Waals surface area (Å²) in [5.74, 6) is 2.31. The third kappa shape index (κ3) is 4.39. The molecular weight excluding hydrogens is 330 g/mol. The Kier molecular flexibility index (Phi) is 5.89. The van der Waals surface area contributed by atoms with Crippen molar-refractivity contribution < 1.29 is 9.52 Å². The molecule has 26 heavy (non-hydrogen) atoms. The summed E-state index contributed by atoms with van der Waals surface area (Å²) >= 11 is 0. The second kappa shape index (κ2) is 7.98. The van der Waals surface area contributed by atoms with E-state index in [4.69, 9.17) is 4.42 Å². The number of piperazine rings is 3. The molecule has 0 radical (unpaired) electrons. The fourth-order valence-electron chi connectivity index (χ4n) is 3.96. The average molecular weight is 364 g/mol. The van der Waals surface area contributed by atoms with Crippen molar-refractivity contribution in [3.63, 3.8) is 0 Å². The van der Waals surface area contributed by atoms with E-state index >= 15 is 0 Å². The molecule has 0 spiro atoms. The summed E-state index contributed by atoms with van der Waals surface area (Å²) in [6.45, 7) is 15.4. The van der Waals surface area contributed by atoms with Gasteiger partial charge in [-0.2, -0.15) is 0 Å². The minimum Gasteiger partial charge on any atom is -0.466 e. The second-order valence-corrected chi connectivity index (χ2v) is 7.67. The molecular formula is C19H33N5O2. The van der Waals surface area contributed by atoms with Crippen molar-refractivity contribution in [2.75, 3.05) is 52.4 Å². The van der Waals surface area contributed by atoms with Gasteiger partial charge < -0.3 is 20.2 Å². The van der Waals surface area contributed by atoms with Crippen molar-refractivity contribution in [1.82, 2.24) is 20.4 Å². The van der Waals surface area contributed by atoms with Crippen molar-refractivity contribution in [2.45, 2.75) is 39.3 Å². The van der Waals surface area contributed by atoms with Gasteiger partial charge in [0.25, 0.3) is 0 Å². The number of aliphatic imine (C=N–C) groups is 1. The molecule has 3 aliphatic heterocycles. The summed E-state index contributed by atoms with van der Waals surface area (Å²) in [6.07, 6.45) is 0. The van der Waals surface area contributed by atoms with E-state index in [1.165, 1.54) is 13.1 Å². The monoisotopic (exact) mass is 363 g/mol. The van der Waals surface area contributed by atoms with Gasteiger partial charge >= 0.3 is 0 Å². The number of aryl methyl sites for hydroxylation is 2. The maximum atomic E-state index is 10.9. The lowest BCUT2D eigenvalue weighted by Gasteiger charge is -2.47. The lowest BCUT2D eigenvalue weighted by Crippen LogP contribution is -2.63. The Morgan fingerprint density at radius 3 is 2.58 bits per heavy atom. The molecule has 1 aromatic heterocycles. The highest BCUT2D eigenvalue weighted by Crippen LogP contribution is 2.27. The van der Waals surface area contributed by atoms with Gasteiger partial charge in [0.05, 0.1) is 6.54 Å². The number of nitrogens with one attached hydrogen (secondary N) is 2. The third-order valence-electron chi connectivity index (χ3n) is 5.41. The Bertz CT molecular complexity index is 632. The van der Waals surface area contributed by atoms with E-state index in [1.807, 2.05) is 19.9 Å². The summed E-state index contributed by atoms with van der Waals surface area (Å²) in [5.41, 5.74) is -0.248. The molecule has 2 atom stereocenters. The van der Waals surface area contributed by atoms with Crippen LogP contribution in [0.25, 0.3) is 0 Å². The Morgan fingerprint density at radius 1 is 1.31 bits per heavy atom. The van der Waals surface area contributed by atoms with Crippen LogP contribution in [0.4, 0.5) is 0 Å². The van der Waals surface area contributed by atoms with Crippen LogP contribution >= 0.6 is 0 Å². The molecule has 3 aliphatic rings. The maximum absolute atomic E-state index is 10.9. The van der Waals surface area contributed by atoms with Crippen LogP contribution in [0.3, 0.4) is 0 Å². The van der Waals surface area contributed by atoms with E-state index < -0.39 is 5.60 Å². The van der Waals surface area contributed by atoms with Crippen molar-refractivity contribution in [3.05, 3.63) is 23.2 Å². The fourth-order valence-corrected chi connectivity index (χ4v) is 3.96. The Balaban J connectivity index is 1.60. The lowest BCUT2D eigenvalue weighted by atomic mass is 9.96. The molecule has 1 aromatic rings. The van der Waals surface area contributed by atoms with Crippen LogP contribution in [0.2, 0.25) is 0 Å². The molecule has 4 heterocycles. The van der Waals surface area contributed by atoms with E-state index in [9.17, 15) is 5.11 Å². The molecule has 7 heteroatoms. The van der Waals surface area contributed by atoms with Gasteiger partial charge in [0.2, 0.25) is 0 Å². The summed E-state index contributed by atoms with van der Waals surface area (Å²) in [6, 6.07) is 2.42. The number of hydrogen-bond donors (Lipinski definition) is 3. The number of nitrogens with zero attached hydrogens (tertiary/aromatic N) is 3. The quantitative estimate of drug-likeness (QED) is 0.509. The van der Waals surface area contributed by atoms with E-state index in [2.05, 4.69) is 32.3 Å². The zero-order valence-corrected chi connectivity index (χ0v) is 16.5. The largest absolute Gasteiger partial charge is 0.466 e. The minimum absolute atomic E-state index is 0.280. The number of aliphatic hydroxyl groups is 1. The highest BCUT2D eigenvalue weighted by atomic mass is 16.3. The number of fused-ring (bicyclic) bond motifs is 3. The zero-order chi connectivity index (χ0) is 18.7. The Morgan fingerprint density at radius 2 is 2.04 bits per heavy atom. The van der Waals surface area contributed by atoms with Crippen LogP contribution in [0.5, 0.6) is 0 Å². The predicted octanol–water partition coefficient (Wildman–Crippen LogP) is 0.659. The Hall–Kier alpha value is -1.57. The van der Waals surface area contributed by atoms with Gasteiger partial charge in [-0.3, -0.25) is 9.80 Å². The molecule has 146 valence electrons. The van der Waals surface area contributed by atoms with Gasteiger partial charge in [-0.25, -0.2) is 4.99 Å². The highest BCUT2D eigenvalue weighted by Gasteiger charge is 2.32. The first kappa shape index (κ1) is 19.2. The molecule has 2 bridgehead atoms. The number of furan rings is 1. The third-order valence-corrected chi connectivity index (χ3v) is 5.41. The fraction of sp³-hybridized carbons (Fsp3) is 0.737. The van der Waals surface area contributed by atoms with E-state index in [-0.39, 0.29) is 6.54 Å². The van der Waals surface area contributed by atoms with Crippen LogP contribution in [0, 0.1) is 13.8 Å². The molecule has 0 aromatic carbocycles. The molecule has 0 saturated carbocycles. The standard InChI is InChI=1S/C19H33N5O2/c1-5-20-18(21-11-16-12-23-6-8-24(16)9-7-23)22-13-19(4,25)17-10-14(2)26-15(17)3/h10,16,25H,5-9,11-13H2,1-4H3,(H2,20,21,22). The van der Waals surface area contributed by atoms with Gasteiger partial charge in [-0.15, -0.1) is 0 Å². The summed E-state index contributed by atoms with van der Waals surface area (Å²) in [7, 11) is 0. The van der Waals surface area contributed by atoms with Crippen LogP contribution in [0.1, 0.15) is 30.9 Å². The van der Waals surface area contributed by atoms with Crippen molar-refractivity contribution in [1.29, 1.82) is 0 Å². The second-order valence-electron chi connectivity index (χ2n) is 7.67. The molecule has 2 unspecified atom stereocenters. The zero-order valence-electron chi connectivity index (χ0n) is 16.5. The average Bonchev–Trinajstić information content (AvgIpc) is 2.98. The van der Waals surface area contributed by atoms with Crippen molar-refractivity contribution >= 4 is 5.96 Å². The van der Waals surface area contributed by atoms with Crippen molar-refractivity contribution in [2.24, 2.45) is 4.99 Å². The van der Waals surface area contributed by atoms with Crippen molar-refractivity contribution in [3.8, 4) is 0 Å². The smallest absolute Gasteiger partial charge is 0.191 e. The number of hydrogen-bond acceptors (Lipinski definition) is 5. The van der Waals surface area contributed by atoms with Crippen LogP contribution < -0.4 is 10.6 Å². The van der Waals surface area contributed by atoms with Gasteiger partial charge in [0, 0.05) is 57.4 Å². The van der Waals surface area contributed by atoms with Crippen LogP contribution in [0.15, 0.2) is 15.5 Å². The SMILES string of the molecule is CCNC(=NCC(C)(O)c1cc(C)oc1C)NCC1CN2CCN1CC2. The van der Waals surface area contributed by atoms with E-state index in [1.54, 1.807) is 6.92 Å². The molecule has 3 fully saturated rings. The molecule has 0 aliphatic carbocycles. The topological polar surface area (TPSA) is 76.3 Å². The maximum Gasteiger partial charge on any atom is 0.191 e. The van der Waals surface area contributed by atoms with Crippen LogP contribution in [-0.4, -0.2) is 79.3 Å². The van der Waals surface area contributed by atoms with Gasteiger partial charge in [0.1, 0.15) is 17.1 Å². The molecule has 4 rings (SSSR count). The summed E-state index contributed by atoms with van der Waals surface area (Å²) < 4.78 is 5.56. The van der Waals surface area contributed by atoms with Gasteiger partial charge in [0.15, 0.2) is 5.96 Å². The number of rotatable bonds is 6. The molecule has 7 nitrogen and oxygen atoms in total.